The van der Waals surface area contributed by atoms with Crippen LogP contribution in [0.15, 0.2) is 30.3 Å². The van der Waals surface area contributed by atoms with E-state index < -0.39 is 9.87 Å². The van der Waals surface area contributed by atoms with E-state index in [1.165, 1.54) is 5.56 Å². The molecule has 2 rings (SSSR count). The Bertz CT molecular complexity index is 534. The molecule has 3 atom stereocenters. The van der Waals surface area contributed by atoms with E-state index in [2.05, 4.69) is 62.6 Å². The van der Waals surface area contributed by atoms with Crippen molar-refractivity contribution in [1.82, 2.24) is 10.6 Å². The highest BCUT2D eigenvalue weighted by Gasteiger charge is 2.59. The van der Waals surface area contributed by atoms with Gasteiger partial charge in [0.25, 0.3) is 0 Å². The Hall–Kier alpha value is -0.280. The van der Waals surface area contributed by atoms with E-state index in [1.54, 1.807) is 0 Å². The summed E-state index contributed by atoms with van der Waals surface area (Å²) in [5.41, 5.74) is 1.38. The van der Waals surface area contributed by atoms with Crippen molar-refractivity contribution in [2.24, 2.45) is 5.41 Å². The minimum absolute atomic E-state index is 0.142. The molecule has 0 saturated heterocycles. The standard InChI is InChI=1S/C21H34Cl2N2/c1-5-12-24-18-15-19(3,4)16-21(23,25-13-6-2)20(18,22)14-17-10-8-7-9-11-17/h7-11,18,24-25H,5-6,12-16H2,1-4H3. The van der Waals surface area contributed by atoms with Gasteiger partial charge in [-0.1, -0.05) is 58.0 Å². The van der Waals surface area contributed by atoms with Crippen LogP contribution in [-0.4, -0.2) is 29.0 Å². The van der Waals surface area contributed by atoms with Gasteiger partial charge >= 0.3 is 0 Å². The zero-order chi connectivity index (χ0) is 18.6. The minimum atomic E-state index is -0.631. The van der Waals surface area contributed by atoms with Gasteiger partial charge in [-0.2, -0.15) is 0 Å². The molecule has 1 fully saturated rings. The van der Waals surface area contributed by atoms with Crippen molar-refractivity contribution in [3.05, 3.63) is 35.9 Å². The van der Waals surface area contributed by atoms with Gasteiger partial charge in [0, 0.05) is 6.04 Å². The second-order valence-electron chi connectivity index (χ2n) is 8.30. The van der Waals surface area contributed by atoms with Crippen LogP contribution in [0, 0.1) is 5.41 Å². The fourth-order valence-corrected chi connectivity index (χ4v) is 5.21. The molecule has 0 amide bonds. The van der Waals surface area contributed by atoms with Crippen molar-refractivity contribution >= 4 is 23.2 Å². The van der Waals surface area contributed by atoms with Crippen molar-refractivity contribution in [3.63, 3.8) is 0 Å². The van der Waals surface area contributed by atoms with Gasteiger partial charge in [0.05, 0.1) is 4.87 Å². The van der Waals surface area contributed by atoms with E-state index in [0.29, 0.717) is 0 Å². The summed E-state index contributed by atoms with van der Waals surface area (Å²) < 4.78 is 0. The van der Waals surface area contributed by atoms with Crippen LogP contribution in [0.25, 0.3) is 0 Å². The average Bonchev–Trinajstić information content (AvgIpc) is 2.56. The molecule has 0 spiro atoms. The maximum absolute atomic E-state index is 7.42. The molecule has 1 saturated carbocycles. The third kappa shape index (κ3) is 4.91. The van der Waals surface area contributed by atoms with Gasteiger partial charge in [0.15, 0.2) is 0 Å². The summed E-state index contributed by atoms with van der Waals surface area (Å²) in [6, 6.07) is 10.7. The zero-order valence-electron chi connectivity index (χ0n) is 16.2. The Balaban J connectivity index is 2.39. The van der Waals surface area contributed by atoms with Crippen LogP contribution in [0.5, 0.6) is 0 Å². The summed E-state index contributed by atoms with van der Waals surface area (Å²) in [6.45, 7) is 10.8. The molecule has 0 aliphatic heterocycles. The molecule has 2 N–H and O–H groups in total. The van der Waals surface area contributed by atoms with Crippen LogP contribution < -0.4 is 10.6 Å². The van der Waals surface area contributed by atoms with Gasteiger partial charge in [-0.3, -0.25) is 5.32 Å². The van der Waals surface area contributed by atoms with Crippen molar-refractivity contribution in [2.45, 2.75) is 75.7 Å². The van der Waals surface area contributed by atoms with Crippen molar-refractivity contribution < 1.29 is 0 Å². The zero-order valence-corrected chi connectivity index (χ0v) is 17.7. The van der Waals surface area contributed by atoms with Crippen LogP contribution >= 0.6 is 23.2 Å². The lowest BCUT2D eigenvalue weighted by Crippen LogP contribution is -2.70. The third-order valence-corrected chi connectivity index (χ3v) is 6.71. The first-order valence-corrected chi connectivity index (χ1v) is 10.4. The highest BCUT2D eigenvalue weighted by Crippen LogP contribution is 2.53. The topological polar surface area (TPSA) is 24.1 Å². The van der Waals surface area contributed by atoms with Gasteiger partial charge in [-0.05, 0) is 56.2 Å². The van der Waals surface area contributed by atoms with Crippen LogP contribution in [0.4, 0.5) is 0 Å². The lowest BCUT2D eigenvalue weighted by atomic mass is 9.65. The number of benzene rings is 1. The summed E-state index contributed by atoms with van der Waals surface area (Å²) in [6.07, 6.45) is 4.79. The summed E-state index contributed by atoms with van der Waals surface area (Å²) in [5, 5.41) is 7.33. The number of alkyl halides is 2. The predicted molar refractivity (Wildman–Crippen MR) is 111 cm³/mol. The summed E-state index contributed by atoms with van der Waals surface area (Å²) in [7, 11) is 0. The Morgan fingerprint density at radius 3 is 2.28 bits per heavy atom. The average molecular weight is 385 g/mol. The molecule has 2 nitrogen and oxygen atoms in total. The lowest BCUT2D eigenvalue weighted by Gasteiger charge is -2.56. The summed E-state index contributed by atoms with van der Waals surface area (Å²) in [5.74, 6) is 0. The highest BCUT2D eigenvalue weighted by atomic mass is 35.5. The fourth-order valence-electron chi connectivity index (χ4n) is 4.11. The number of hydrogen-bond donors (Lipinski definition) is 2. The molecule has 25 heavy (non-hydrogen) atoms. The minimum Gasteiger partial charge on any atom is -0.312 e. The van der Waals surface area contributed by atoms with Crippen LogP contribution in [0.1, 0.15) is 58.9 Å². The Morgan fingerprint density at radius 2 is 1.68 bits per heavy atom. The SMILES string of the molecule is CCCNC1CC(C)(C)CC(Cl)(NCCC)C1(Cl)Cc1ccccc1. The predicted octanol–water partition coefficient (Wildman–Crippen LogP) is 5.33. The van der Waals surface area contributed by atoms with Gasteiger partial charge < -0.3 is 5.32 Å². The van der Waals surface area contributed by atoms with Crippen LogP contribution in [0.2, 0.25) is 0 Å². The molecule has 0 heterocycles. The largest absolute Gasteiger partial charge is 0.312 e. The van der Waals surface area contributed by atoms with E-state index >= 15 is 0 Å². The molecule has 4 heteroatoms. The molecule has 1 aliphatic rings. The highest BCUT2D eigenvalue weighted by molar-refractivity contribution is 6.35. The monoisotopic (exact) mass is 384 g/mol. The second kappa shape index (κ2) is 8.61. The number of rotatable bonds is 8. The Morgan fingerprint density at radius 1 is 1.04 bits per heavy atom. The molecule has 142 valence electrons. The van der Waals surface area contributed by atoms with Gasteiger partial charge in [0.2, 0.25) is 0 Å². The summed E-state index contributed by atoms with van der Waals surface area (Å²) >= 11 is 14.7. The van der Waals surface area contributed by atoms with Gasteiger partial charge in [-0.15, -0.1) is 23.2 Å². The molecule has 0 bridgehead atoms. The Kier molecular flexibility index (Phi) is 7.24. The van der Waals surface area contributed by atoms with Gasteiger partial charge in [-0.25, -0.2) is 0 Å². The molecule has 1 aromatic carbocycles. The van der Waals surface area contributed by atoms with Crippen molar-refractivity contribution in [3.8, 4) is 0 Å². The molecule has 1 aromatic rings. The Labute approximate surface area is 164 Å². The first-order valence-electron chi connectivity index (χ1n) is 9.66. The molecule has 1 aliphatic carbocycles. The van der Waals surface area contributed by atoms with Crippen molar-refractivity contribution in [2.75, 3.05) is 13.1 Å². The first-order chi connectivity index (χ1) is 11.8. The van der Waals surface area contributed by atoms with E-state index in [9.17, 15) is 0 Å². The summed E-state index contributed by atoms with van der Waals surface area (Å²) in [4.78, 5) is -1.21. The molecule has 0 aromatic heterocycles. The van der Waals surface area contributed by atoms with Crippen LogP contribution in [0.3, 0.4) is 0 Å². The number of nitrogens with one attached hydrogen (secondary N) is 2. The van der Waals surface area contributed by atoms with E-state index in [0.717, 1.165) is 45.2 Å². The normalized spacial score (nSPS) is 31.8. The van der Waals surface area contributed by atoms with Gasteiger partial charge in [0.1, 0.15) is 5.00 Å². The molecule has 0 radical (unpaired) electrons. The maximum Gasteiger partial charge on any atom is 0.115 e. The quantitative estimate of drug-likeness (QED) is 0.467. The van der Waals surface area contributed by atoms with Crippen LogP contribution in [-0.2, 0) is 6.42 Å². The second-order valence-corrected chi connectivity index (χ2v) is 9.62. The maximum atomic E-state index is 7.42. The van der Waals surface area contributed by atoms with E-state index in [-0.39, 0.29) is 11.5 Å². The lowest BCUT2D eigenvalue weighted by molar-refractivity contribution is 0.0936. The number of hydrogen-bond acceptors (Lipinski definition) is 2. The fraction of sp³-hybridized carbons (Fsp3) is 0.714. The molecule has 3 unspecified atom stereocenters. The number of halogens is 2. The third-order valence-electron chi connectivity index (χ3n) is 5.29. The first kappa shape index (κ1) is 21.0. The molecular formula is C21H34Cl2N2. The van der Waals surface area contributed by atoms with Crippen molar-refractivity contribution in [1.29, 1.82) is 0 Å². The molecular weight excluding hydrogens is 351 g/mol. The van der Waals surface area contributed by atoms with E-state index in [4.69, 9.17) is 23.2 Å². The smallest absolute Gasteiger partial charge is 0.115 e. The van der Waals surface area contributed by atoms with E-state index in [1.807, 2.05) is 6.07 Å².